The Bertz CT molecular complexity index is 977. The molecule has 1 N–H and O–H groups in total. The molecule has 0 saturated carbocycles. The third-order valence-electron chi connectivity index (χ3n) is 5.27. The summed E-state index contributed by atoms with van der Waals surface area (Å²) in [7, 11) is -3.33. The van der Waals surface area contributed by atoms with Gasteiger partial charge in [-0.2, -0.15) is 0 Å². The number of hydrogen-bond acceptors (Lipinski definition) is 6. The molecule has 1 fully saturated rings. The third-order valence-corrected chi connectivity index (χ3v) is 5.96. The van der Waals surface area contributed by atoms with Crippen LogP contribution in [0.1, 0.15) is 11.6 Å². The van der Waals surface area contributed by atoms with E-state index in [4.69, 9.17) is 9.47 Å². The first-order valence-electron chi connectivity index (χ1n) is 9.48. The van der Waals surface area contributed by atoms with Gasteiger partial charge in [-0.05, 0) is 29.8 Å². The van der Waals surface area contributed by atoms with E-state index in [1.54, 1.807) is 12.1 Å². The Morgan fingerprint density at radius 1 is 1.07 bits per heavy atom. The fourth-order valence-corrected chi connectivity index (χ4v) is 4.25. The van der Waals surface area contributed by atoms with E-state index in [2.05, 4.69) is 9.62 Å². The second-order valence-electron chi connectivity index (χ2n) is 7.22. The summed E-state index contributed by atoms with van der Waals surface area (Å²) in [6.07, 6.45) is 1.15. The highest BCUT2D eigenvalue weighted by Gasteiger charge is 2.28. The first kappa shape index (κ1) is 19.9. The molecule has 2 aromatic carbocycles. The molecule has 29 heavy (non-hydrogen) atoms. The zero-order valence-corrected chi connectivity index (χ0v) is 17.0. The maximum Gasteiger partial charge on any atom is 0.231 e. The van der Waals surface area contributed by atoms with Crippen LogP contribution in [0.5, 0.6) is 11.5 Å². The lowest BCUT2D eigenvalue weighted by Crippen LogP contribution is -2.50. The van der Waals surface area contributed by atoms with E-state index in [9.17, 15) is 12.8 Å². The van der Waals surface area contributed by atoms with Crippen LogP contribution in [0.15, 0.2) is 42.5 Å². The molecular weight excluding hydrogens is 397 g/mol. The number of ether oxygens (including phenoxy) is 2. The molecule has 0 radical (unpaired) electrons. The normalized spacial score (nSPS) is 18.1. The summed E-state index contributed by atoms with van der Waals surface area (Å²) in [5, 5.41) is 0. The SMILES string of the molecule is CS(=O)(=O)NC[C@@H](c1ccc2c(c1)OCO2)N1CCN(c2ccccc2F)CC1. The van der Waals surface area contributed by atoms with E-state index in [0.29, 0.717) is 43.4 Å². The Morgan fingerprint density at radius 2 is 1.79 bits per heavy atom. The fourth-order valence-electron chi connectivity index (χ4n) is 3.79. The van der Waals surface area contributed by atoms with Gasteiger partial charge in [0.2, 0.25) is 16.8 Å². The molecule has 4 rings (SSSR count). The summed E-state index contributed by atoms with van der Waals surface area (Å²) in [5.41, 5.74) is 1.55. The number of hydrogen-bond donors (Lipinski definition) is 1. The van der Waals surface area contributed by atoms with Crippen LogP contribution >= 0.6 is 0 Å². The maximum absolute atomic E-state index is 14.1. The van der Waals surface area contributed by atoms with Crippen LogP contribution in [0.3, 0.4) is 0 Å². The van der Waals surface area contributed by atoms with Crippen molar-refractivity contribution < 1.29 is 22.3 Å². The largest absolute Gasteiger partial charge is 0.454 e. The van der Waals surface area contributed by atoms with Gasteiger partial charge >= 0.3 is 0 Å². The van der Waals surface area contributed by atoms with Gasteiger partial charge in [-0.1, -0.05) is 18.2 Å². The van der Waals surface area contributed by atoms with Gasteiger partial charge in [-0.25, -0.2) is 17.5 Å². The average molecular weight is 421 g/mol. The molecule has 9 heteroatoms. The lowest BCUT2D eigenvalue weighted by molar-refractivity contribution is 0.173. The predicted molar refractivity (Wildman–Crippen MR) is 108 cm³/mol. The van der Waals surface area contributed by atoms with Crippen LogP contribution in [0.4, 0.5) is 10.1 Å². The van der Waals surface area contributed by atoms with Gasteiger partial charge < -0.3 is 14.4 Å². The van der Waals surface area contributed by atoms with Crippen LogP contribution in [0.2, 0.25) is 0 Å². The highest BCUT2D eigenvalue weighted by atomic mass is 32.2. The molecule has 7 nitrogen and oxygen atoms in total. The number of para-hydroxylation sites is 1. The highest BCUT2D eigenvalue weighted by Crippen LogP contribution is 2.36. The maximum atomic E-state index is 14.1. The summed E-state index contributed by atoms with van der Waals surface area (Å²) in [4.78, 5) is 4.24. The molecule has 156 valence electrons. The quantitative estimate of drug-likeness (QED) is 0.769. The van der Waals surface area contributed by atoms with Gasteiger partial charge in [0.05, 0.1) is 11.9 Å². The molecule has 0 bridgehead atoms. The molecule has 2 aliphatic rings. The van der Waals surface area contributed by atoms with Gasteiger partial charge in [0.25, 0.3) is 0 Å². The summed E-state index contributed by atoms with van der Waals surface area (Å²) in [5.74, 6) is 1.12. The lowest BCUT2D eigenvalue weighted by Gasteiger charge is -2.40. The molecule has 0 aromatic heterocycles. The molecule has 0 unspecified atom stereocenters. The van der Waals surface area contributed by atoms with E-state index in [1.807, 2.05) is 29.2 Å². The van der Waals surface area contributed by atoms with Crippen molar-refractivity contribution in [2.45, 2.75) is 6.04 Å². The molecule has 0 aliphatic carbocycles. The Kier molecular flexibility index (Phi) is 5.62. The van der Waals surface area contributed by atoms with Crippen molar-refractivity contribution in [1.82, 2.24) is 9.62 Å². The number of anilines is 1. The molecule has 1 saturated heterocycles. The Hall–Kier alpha value is -2.36. The first-order valence-corrected chi connectivity index (χ1v) is 11.4. The minimum Gasteiger partial charge on any atom is -0.454 e. The molecule has 1 atom stereocenters. The van der Waals surface area contributed by atoms with E-state index in [-0.39, 0.29) is 25.2 Å². The number of halogens is 1. The lowest BCUT2D eigenvalue weighted by atomic mass is 10.0. The Labute approximate surface area is 170 Å². The van der Waals surface area contributed by atoms with Crippen LogP contribution in [0, 0.1) is 5.82 Å². The third kappa shape index (κ3) is 4.63. The second-order valence-corrected chi connectivity index (χ2v) is 9.06. The Balaban J connectivity index is 1.52. The van der Waals surface area contributed by atoms with Crippen molar-refractivity contribution in [3.8, 4) is 11.5 Å². The van der Waals surface area contributed by atoms with Crippen LogP contribution < -0.4 is 19.1 Å². The van der Waals surface area contributed by atoms with Gasteiger partial charge in [0.15, 0.2) is 11.5 Å². The standard InChI is InChI=1S/C20H24FN3O4S/c1-29(25,26)22-13-18(15-6-7-19-20(12-15)28-14-27-19)24-10-8-23(9-11-24)17-5-3-2-4-16(17)21/h2-7,12,18,22H,8-11,13-14H2,1H3/t18-/m0/s1. The van der Waals surface area contributed by atoms with Crippen molar-refractivity contribution in [3.63, 3.8) is 0 Å². The van der Waals surface area contributed by atoms with Gasteiger partial charge in [-0.15, -0.1) is 0 Å². The number of nitrogens with zero attached hydrogens (tertiary/aromatic N) is 2. The summed E-state index contributed by atoms with van der Waals surface area (Å²) in [6, 6.07) is 12.3. The highest BCUT2D eigenvalue weighted by molar-refractivity contribution is 7.88. The van der Waals surface area contributed by atoms with Crippen LogP contribution in [-0.2, 0) is 10.0 Å². The topological polar surface area (TPSA) is 71.1 Å². The summed E-state index contributed by atoms with van der Waals surface area (Å²) < 4.78 is 51.0. The van der Waals surface area contributed by atoms with Crippen LogP contribution in [0.25, 0.3) is 0 Å². The van der Waals surface area contributed by atoms with Crippen LogP contribution in [-0.4, -0.2) is 59.1 Å². The van der Waals surface area contributed by atoms with Crippen molar-refractivity contribution in [3.05, 3.63) is 53.8 Å². The van der Waals surface area contributed by atoms with Gasteiger partial charge in [0, 0.05) is 38.8 Å². The smallest absolute Gasteiger partial charge is 0.231 e. The van der Waals surface area contributed by atoms with E-state index >= 15 is 0 Å². The van der Waals surface area contributed by atoms with E-state index in [0.717, 1.165) is 11.8 Å². The van der Waals surface area contributed by atoms with Crippen molar-refractivity contribution >= 4 is 15.7 Å². The zero-order chi connectivity index (χ0) is 20.4. The monoisotopic (exact) mass is 421 g/mol. The molecule has 2 aromatic rings. The second kappa shape index (κ2) is 8.17. The Morgan fingerprint density at radius 3 is 2.52 bits per heavy atom. The minimum atomic E-state index is -3.33. The van der Waals surface area contributed by atoms with Gasteiger partial charge in [0.1, 0.15) is 5.82 Å². The molecule has 2 heterocycles. The number of fused-ring (bicyclic) bond motifs is 1. The molecule has 0 spiro atoms. The van der Waals surface area contributed by atoms with Crippen molar-refractivity contribution in [1.29, 1.82) is 0 Å². The zero-order valence-electron chi connectivity index (χ0n) is 16.2. The first-order chi connectivity index (χ1) is 13.9. The minimum absolute atomic E-state index is 0.165. The predicted octanol–water partition coefficient (Wildman–Crippen LogP) is 1.97. The average Bonchev–Trinajstić information content (AvgIpc) is 3.16. The summed E-state index contributed by atoms with van der Waals surface area (Å²) >= 11 is 0. The summed E-state index contributed by atoms with van der Waals surface area (Å²) in [6.45, 7) is 3.10. The number of rotatable bonds is 6. The van der Waals surface area contributed by atoms with E-state index < -0.39 is 10.0 Å². The molecule has 2 aliphatic heterocycles. The number of benzene rings is 2. The van der Waals surface area contributed by atoms with E-state index in [1.165, 1.54) is 6.07 Å². The van der Waals surface area contributed by atoms with Crippen molar-refractivity contribution in [2.75, 3.05) is 50.7 Å². The molecule has 0 amide bonds. The fraction of sp³-hybridized carbons (Fsp3) is 0.400. The molecular formula is C20H24FN3O4S. The van der Waals surface area contributed by atoms with Gasteiger partial charge in [-0.3, -0.25) is 4.90 Å². The number of piperazine rings is 1. The number of sulfonamides is 1. The number of nitrogens with one attached hydrogen (secondary N) is 1. The van der Waals surface area contributed by atoms with Crippen molar-refractivity contribution in [2.24, 2.45) is 0 Å².